The zero-order valence-electron chi connectivity index (χ0n) is 11.9. The predicted molar refractivity (Wildman–Crippen MR) is 76.7 cm³/mol. The second-order valence-corrected chi connectivity index (χ2v) is 5.01. The molecule has 1 fully saturated rings. The number of amides is 1. The summed E-state index contributed by atoms with van der Waals surface area (Å²) >= 11 is 0. The van der Waals surface area contributed by atoms with Crippen LogP contribution in [0.1, 0.15) is 28.8 Å². The number of carbonyl (C=O) groups is 1. The number of anilines is 1. The first-order valence-corrected chi connectivity index (χ1v) is 6.76. The highest BCUT2D eigenvalue weighted by Crippen LogP contribution is 2.19. The minimum Gasteiger partial charge on any atom is -0.388 e. The number of methoxy groups -OCH3 is 1. The number of piperidine rings is 1. The topological polar surface area (TPSA) is 41.6 Å². The van der Waals surface area contributed by atoms with Gasteiger partial charge in [-0.15, -0.1) is 0 Å². The van der Waals surface area contributed by atoms with Gasteiger partial charge in [0.25, 0.3) is 5.91 Å². The van der Waals surface area contributed by atoms with Gasteiger partial charge in [-0.1, -0.05) is 0 Å². The van der Waals surface area contributed by atoms with Crippen LogP contribution in [0.3, 0.4) is 0 Å². The Labute approximate surface area is 114 Å². The van der Waals surface area contributed by atoms with Crippen molar-refractivity contribution in [1.29, 1.82) is 0 Å². The lowest BCUT2D eigenvalue weighted by Crippen LogP contribution is -2.40. The molecule has 0 aliphatic carbocycles. The van der Waals surface area contributed by atoms with Crippen LogP contribution in [0.4, 0.5) is 5.69 Å². The smallest absolute Gasteiger partial charge is 0.253 e. The van der Waals surface area contributed by atoms with Crippen LogP contribution in [0.15, 0.2) is 18.2 Å². The molecule has 1 amide bonds. The summed E-state index contributed by atoms with van der Waals surface area (Å²) in [5, 5.41) is 3.11. The SMILES string of the molecule is CNc1ccc(C(=O)N2CCC(OC)CC2)cc1C. The maximum atomic E-state index is 12.4. The quantitative estimate of drug-likeness (QED) is 0.908. The molecule has 0 unspecified atom stereocenters. The number of ether oxygens (including phenoxy) is 1. The van der Waals surface area contributed by atoms with E-state index in [1.54, 1.807) is 7.11 Å². The van der Waals surface area contributed by atoms with Crippen molar-refractivity contribution in [2.24, 2.45) is 0 Å². The third-order valence-corrected chi connectivity index (χ3v) is 3.81. The number of likely N-dealkylation sites (tertiary alicyclic amines) is 1. The molecule has 19 heavy (non-hydrogen) atoms. The van der Waals surface area contributed by atoms with Gasteiger partial charge >= 0.3 is 0 Å². The van der Waals surface area contributed by atoms with Gasteiger partial charge in [0.15, 0.2) is 0 Å². The second kappa shape index (κ2) is 6.06. The normalized spacial score (nSPS) is 16.5. The lowest BCUT2D eigenvalue weighted by Gasteiger charge is -2.31. The number of carbonyl (C=O) groups excluding carboxylic acids is 1. The third-order valence-electron chi connectivity index (χ3n) is 3.81. The van der Waals surface area contributed by atoms with Crippen LogP contribution in [0.2, 0.25) is 0 Å². The van der Waals surface area contributed by atoms with Crippen LogP contribution in [0.5, 0.6) is 0 Å². The van der Waals surface area contributed by atoms with Crippen molar-refractivity contribution >= 4 is 11.6 Å². The average Bonchev–Trinajstić information content (AvgIpc) is 2.46. The lowest BCUT2D eigenvalue weighted by molar-refractivity contribution is 0.0351. The molecule has 4 nitrogen and oxygen atoms in total. The molecule has 0 atom stereocenters. The van der Waals surface area contributed by atoms with Crippen molar-refractivity contribution in [1.82, 2.24) is 4.90 Å². The van der Waals surface area contributed by atoms with Crippen molar-refractivity contribution in [3.63, 3.8) is 0 Å². The molecule has 1 N–H and O–H groups in total. The Morgan fingerprint density at radius 1 is 1.37 bits per heavy atom. The van der Waals surface area contributed by atoms with E-state index >= 15 is 0 Å². The van der Waals surface area contributed by atoms with E-state index < -0.39 is 0 Å². The fourth-order valence-corrected chi connectivity index (χ4v) is 2.55. The standard InChI is InChI=1S/C15H22N2O2/c1-11-10-12(4-5-14(11)16-2)15(18)17-8-6-13(19-3)7-9-17/h4-5,10,13,16H,6-9H2,1-3H3. The molecule has 0 aromatic heterocycles. The number of nitrogens with zero attached hydrogens (tertiary/aromatic N) is 1. The van der Waals surface area contributed by atoms with Gasteiger partial charge in [-0.2, -0.15) is 0 Å². The molecule has 0 bridgehead atoms. The molecular weight excluding hydrogens is 240 g/mol. The van der Waals surface area contributed by atoms with Gasteiger partial charge in [-0.3, -0.25) is 4.79 Å². The molecular formula is C15H22N2O2. The van der Waals surface area contributed by atoms with Crippen LogP contribution in [-0.2, 0) is 4.74 Å². The molecule has 1 aromatic rings. The fourth-order valence-electron chi connectivity index (χ4n) is 2.55. The summed E-state index contributed by atoms with van der Waals surface area (Å²) in [6, 6.07) is 5.81. The summed E-state index contributed by atoms with van der Waals surface area (Å²) in [6.45, 7) is 3.58. The molecule has 1 heterocycles. The van der Waals surface area contributed by atoms with Crippen LogP contribution in [0.25, 0.3) is 0 Å². The van der Waals surface area contributed by atoms with Crippen molar-refractivity contribution < 1.29 is 9.53 Å². The fraction of sp³-hybridized carbons (Fsp3) is 0.533. The molecule has 2 rings (SSSR count). The van der Waals surface area contributed by atoms with Crippen molar-refractivity contribution in [3.05, 3.63) is 29.3 Å². The largest absolute Gasteiger partial charge is 0.388 e. The Balaban J connectivity index is 2.06. The summed E-state index contributed by atoms with van der Waals surface area (Å²) in [4.78, 5) is 14.3. The Bertz CT molecular complexity index is 451. The molecule has 0 saturated carbocycles. The van der Waals surface area contributed by atoms with E-state index in [1.165, 1.54) is 0 Å². The van der Waals surface area contributed by atoms with Gasteiger partial charge in [-0.25, -0.2) is 0 Å². The van der Waals surface area contributed by atoms with E-state index in [0.29, 0.717) is 6.10 Å². The van der Waals surface area contributed by atoms with E-state index in [4.69, 9.17) is 4.74 Å². The first kappa shape index (κ1) is 13.9. The minimum absolute atomic E-state index is 0.125. The number of hydrogen-bond acceptors (Lipinski definition) is 3. The summed E-state index contributed by atoms with van der Waals surface area (Å²) < 4.78 is 5.33. The van der Waals surface area contributed by atoms with Gasteiger partial charge in [-0.05, 0) is 43.5 Å². The van der Waals surface area contributed by atoms with Crippen LogP contribution in [0, 0.1) is 6.92 Å². The van der Waals surface area contributed by atoms with E-state index in [9.17, 15) is 4.79 Å². The molecule has 1 aliphatic rings. The third kappa shape index (κ3) is 3.07. The average molecular weight is 262 g/mol. The van der Waals surface area contributed by atoms with Gasteiger partial charge in [0.1, 0.15) is 0 Å². The number of aryl methyl sites for hydroxylation is 1. The van der Waals surface area contributed by atoms with E-state index in [1.807, 2.05) is 37.1 Å². The van der Waals surface area contributed by atoms with Crippen LogP contribution in [-0.4, -0.2) is 44.2 Å². The molecule has 104 valence electrons. The summed E-state index contributed by atoms with van der Waals surface area (Å²) in [6.07, 6.45) is 2.16. The molecule has 1 aliphatic heterocycles. The Morgan fingerprint density at radius 3 is 2.58 bits per heavy atom. The summed E-state index contributed by atoms with van der Waals surface area (Å²) in [5.74, 6) is 0.125. The zero-order chi connectivity index (χ0) is 13.8. The number of benzene rings is 1. The van der Waals surface area contributed by atoms with E-state index in [0.717, 1.165) is 42.7 Å². The highest BCUT2D eigenvalue weighted by Gasteiger charge is 2.23. The molecule has 1 saturated heterocycles. The van der Waals surface area contributed by atoms with E-state index in [2.05, 4.69) is 5.32 Å². The number of hydrogen-bond donors (Lipinski definition) is 1. The van der Waals surface area contributed by atoms with Crippen molar-refractivity contribution in [2.75, 3.05) is 32.6 Å². The summed E-state index contributed by atoms with van der Waals surface area (Å²) in [5.41, 5.74) is 2.93. The number of nitrogens with one attached hydrogen (secondary N) is 1. The summed E-state index contributed by atoms with van der Waals surface area (Å²) in [7, 11) is 3.63. The molecule has 0 spiro atoms. The first-order valence-electron chi connectivity index (χ1n) is 6.76. The first-order chi connectivity index (χ1) is 9.15. The Hall–Kier alpha value is -1.55. The highest BCUT2D eigenvalue weighted by atomic mass is 16.5. The Kier molecular flexibility index (Phi) is 4.43. The molecule has 4 heteroatoms. The predicted octanol–water partition coefficient (Wildman–Crippen LogP) is 2.29. The van der Waals surface area contributed by atoms with Gasteiger partial charge < -0.3 is 15.0 Å². The second-order valence-electron chi connectivity index (χ2n) is 5.01. The monoisotopic (exact) mass is 262 g/mol. The van der Waals surface area contributed by atoms with Gasteiger partial charge in [0.05, 0.1) is 6.10 Å². The number of rotatable bonds is 3. The van der Waals surface area contributed by atoms with E-state index in [-0.39, 0.29) is 5.91 Å². The van der Waals surface area contributed by atoms with Crippen molar-refractivity contribution in [3.8, 4) is 0 Å². The Morgan fingerprint density at radius 2 is 2.05 bits per heavy atom. The maximum absolute atomic E-state index is 12.4. The van der Waals surface area contributed by atoms with Gasteiger partial charge in [0, 0.05) is 38.5 Å². The van der Waals surface area contributed by atoms with Crippen LogP contribution < -0.4 is 5.32 Å². The minimum atomic E-state index is 0.125. The molecule has 1 aromatic carbocycles. The van der Waals surface area contributed by atoms with Crippen LogP contribution >= 0.6 is 0 Å². The highest BCUT2D eigenvalue weighted by molar-refractivity contribution is 5.95. The lowest BCUT2D eigenvalue weighted by atomic mass is 10.0. The van der Waals surface area contributed by atoms with Gasteiger partial charge in [0.2, 0.25) is 0 Å². The van der Waals surface area contributed by atoms with Crippen molar-refractivity contribution in [2.45, 2.75) is 25.9 Å². The maximum Gasteiger partial charge on any atom is 0.253 e. The molecule has 0 radical (unpaired) electrons. The zero-order valence-corrected chi connectivity index (χ0v) is 11.9.